The number of urea groups is 1. The Morgan fingerprint density at radius 3 is 2.67 bits per heavy atom. The summed E-state index contributed by atoms with van der Waals surface area (Å²) in [6.45, 7) is 0. The average molecular weight is 169 g/mol. The minimum atomic E-state index is -0.552. The average Bonchev–Trinajstić information content (AvgIpc) is 2.29. The monoisotopic (exact) mass is 169 g/mol. The van der Waals surface area contributed by atoms with Crippen LogP contribution in [0.1, 0.15) is 6.42 Å². The lowest BCUT2D eigenvalue weighted by molar-refractivity contribution is -0.126. The summed E-state index contributed by atoms with van der Waals surface area (Å²) in [6, 6.07) is -0.552. The van der Waals surface area contributed by atoms with Gasteiger partial charge in [-0.05, 0) is 0 Å². The van der Waals surface area contributed by atoms with Gasteiger partial charge in [-0.15, -0.1) is 0 Å². The quantitative estimate of drug-likeness (QED) is 0.403. The van der Waals surface area contributed by atoms with E-state index in [-0.39, 0.29) is 18.2 Å². The van der Waals surface area contributed by atoms with E-state index in [0.717, 1.165) is 0 Å². The van der Waals surface area contributed by atoms with E-state index in [1.165, 1.54) is 0 Å². The van der Waals surface area contributed by atoms with Gasteiger partial charge in [0.2, 0.25) is 11.8 Å². The Kier molecular flexibility index (Phi) is 1.30. The van der Waals surface area contributed by atoms with Crippen LogP contribution in [0.3, 0.4) is 0 Å². The van der Waals surface area contributed by atoms with Crippen LogP contribution in [0.5, 0.6) is 0 Å². The van der Waals surface area contributed by atoms with Gasteiger partial charge in [0, 0.05) is 6.42 Å². The molecule has 2 rings (SSSR count). The highest BCUT2D eigenvalue weighted by atomic mass is 16.2. The molecule has 6 heteroatoms. The van der Waals surface area contributed by atoms with Gasteiger partial charge in [0.05, 0.1) is 5.92 Å². The molecule has 0 aromatic carbocycles. The van der Waals surface area contributed by atoms with Crippen molar-refractivity contribution in [1.29, 1.82) is 0 Å². The second kappa shape index (κ2) is 2.20. The van der Waals surface area contributed by atoms with Gasteiger partial charge < -0.3 is 10.6 Å². The van der Waals surface area contributed by atoms with Crippen LogP contribution >= 0.6 is 0 Å². The zero-order valence-corrected chi connectivity index (χ0v) is 6.09. The fourth-order valence-corrected chi connectivity index (χ4v) is 1.41. The second-order valence-corrected chi connectivity index (χ2v) is 2.82. The van der Waals surface area contributed by atoms with Gasteiger partial charge in [-0.25, -0.2) is 4.79 Å². The van der Waals surface area contributed by atoms with Crippen molar-refractivity contribution in [1.82, 2.24) is 16.0 Å². The Morgan fingerprint density at radius 1 is 1.17 bits per heavy atom. The van der Waals surface area contributed by atoms with Crippen LogP contribution in [0.4, 0.5) is 4.79 Å². The van der Waals surface area contributed by atoms with Crippen LogP contribution in [0, 0.1) is 5.92 Å². The molecule has 2 fully saturated rings. The van der Waals surface area contributed by atoms with Gasteiger partial charge in [-0.3, -0.25) is 14.9 Å². The first-order chi connectivity index (χ1) is 5.66. The van der Waals surface area contributed by atoms with Crippen molar-refractivity contribution in [3.8, 4) is 0 Å². The van der Waals surface area contributed by atoms with Crippen LogP contribution < -0.4 is 16.0 Å². The fourth-order valence-electron chi connectivity index (χ4n) is 1.41. The van der Waals surface area contributed by atoms with Crippen LogP contribution in [0.2, 0.25) is 0 Å². The highest BCUT2D eigenvalue weighted by molar-refractivity contribution is 6.02. The Hall–Kier alpha value is -1.59. The Morgan fingerprint density at radius 2 is 1.92 bits per heavy atom. The second-order valence-electron chi connectivity index (χ2n) is 2.82. The molecule has 0 saturated carbocycles. The smallest absolute Gasteiger partial charge is 0.323 e. The topological polar surface area (TPSA) is 87.3 Å². The zero-order chi connectivity index (χ0) is 8.72. The third-order valence-corrected chi connectivity index (χ3v) is 1.98. The van der Waals surface area contributed by atoms with E-state index in [1.807, 2.05) is 0 Å². The first kappa shape index (κ1) is 7.08. The summed E-state index contributed by atoms with van der Waals surface area (Å²) in [5.74, 6) is -1.04. The van der Waals surface area contributed by atoms with Crippen LogP contribution in [0.15, 0.2) is 0 Å². The van der Waals surface area contributed by atoms with E-state index in [4.69, 9.17) is 0 Å². The van der Waals surface area contributed by atoms with Crippen molar-refractivity contribution in [3.63, 3.8) is 0 Å². The normalized spacial score (nSPS) is 33.5. The van der Waals surface area contributed by atoms with Gasteiger partial charge in [0.15, 0.2) is 0 Å². The highest BCUT2D eigenvalue weighted by Crippen LogP contribution is 2.16. The van der Waals surface area contributed by atoms with Crippen molar-refractivity contribution in [2.75, 3.05) is 0 Å². The summed E-state index contributed by atoms with van der Waals surface area (Å²) in [5.41, 5.74) is 0. The molecule has 0 bridgehead atoms. The van der Waals surface area contributed by atoms with E-state index in [2.05, 4.69) is 16.0 Å². The van der Waals surface area contributed by atoms with Crippen LogP contribution in [0.25, 0.3) is 0 Å². The summed E-state index contributed by atoms with van der Waals surface area (Å²) in [5, 5.41) is 7.01. The van der Waals surface area contributed by atoms with Gasteiger partial charge in [0.25, 0.3) is 0 Å². The van der Waals surface area contributed by atoms with Gasteiger partial charge in [-0.2, -0.15) is 0 Å². The summed E-state index contributed by atoms with van der Waals surface area (Å²) < 4.78 is 0. The van der Waals surface area contributed by atoms with Crippen molar-refractivity contribution in [3.05, 3.63) is 0 Å². The molecule has 0 aliphatic carbocycles. The minimum absolute atomic E-state index is 0.150. The summed E-state index contributed by atoms with van der Waals surface area (Å²) in [7, 11) is 0. The molecule has 0 spiro atoms. The number of hydrogen-bond acceptors (Lipinski definition) is 3. The van der Waals surface area contributed by atoms with E-state index < -0.39 is 18.1 Å². The van der Waals surface area contributed by atoms with Crippen molar-refractivity contribution >= 4 is 17.8 Å². The number of hydrogen-bond donors (Lipinski definition) is 3. The lowest BCUT2D eigenvalue weighted by atomic mass is 10.0. The molecule has 4 amide bonds. The Balaban J connectivity index is 2.20. The molecule has 2 aliphatic heterocycles. The molecule has 2 aliphatic rings. The molecule has 6 nitrogen and oxygen atoms in total. The van der Waals surface area contributed by atoms with Crippen LogP contribution in [-0.4, -0.2) is 24.0 Å². The molecule has 0 aromatic heterocycles. The minimum Gasteiger partial charge on any atom is -0.335 e. The number of fused-ring (bicyclic) bond motifs is 1. The lowest BCUT2D eigenvalue weighted by Gasteiger charge is -2.24. The molecule has 64 valence electrons. The number of carbonyl (C=O) groups is 3. The molecule has 3 N–H and O–H groups in total. The molecule has 2 atom stereocenters. The van der Waals surface area contributed by atoms with Crippen molar-refractivity contribution < 1.29 is 14.4 Å². The lowest BCUT2D eigenvalue weighted by Crippen LogP contribution is -2.59. The molecule has 2 saturated heterocycles. The molecular formula is C6H7N3O3. The Labute approximate surface area is 67.7 Å². The molecule has 0 radical (unpaired) electrons. The number of amides is 4. The number of nitrogens with one attached hydrogen (secondary N) is 3. The molecule has 2 heterocycles. The predicted molar refractivity (Wildman–Crippen MR) is 36.7 cm³/mol. The van der Waals surface area contributed by atoms with Gasteiger partial charge in [0.1, 0.15) is 6.17 Å². The predicted octanol–water partition coefficient (Wildman–Crippen LogP) is -1.71. The first-order valence-corrected chi connectivity index (χ1v) is 3.57. The largest absolute Gasteiger partial charge is 0.335 e. The fraction of sp³-hybridized carbons (Fsp3) is 0.500. The maximum absolute atomic E-state index is 11.1. The molecule has 12 heavy (non-hydrogen) atoms. The molecule has 2 unspecified atom stereocenters. The number of imide groups is 1. The maximum Gasteiger partial charge on any atom is 0.323 e. The standard InChI is InChI=1S/C6H7N3O3/c10-3-1-2-4(7-3)8-6(12)9-5(2)11/h2,4H,1H2,(H,7,10)(H2,8,9,11,12). The first-order valence-electron chi connectivity index (χ1n) is 3.57. The van der Waals surface area contributed by atoms with Gasteiger partial charge in [-0.1, -0.05) is 0 Å². The maximum atomic E-state index is 11.1. The third-order valence-electron chi connectivity index (χ3n) is 1.98. The highest BCUT2D eigenvalue weighted by Gasteiger charge is 2.42. The van der Waals surface area contributed by atoms with E-state index in [1.54, 1.807) is 0 Å². The van der Waals surface area contributed by atoms with E-state index in [9.17, 15) is 14.4 Å². The van der Waals surface area contributed by atoms with Crippen molar-refractivity contribution in [2.24, 2.45) is 5.92 Å². The molecule has 0 aromatic rings. The van der Waals surface area contributed by atoms with Crippen molar-refractivity contribution in [2.45, 2.75) is 12.6 Å². The SMILES string of the molecule is O=C1CC2C(=O)NC(=O)NC2N1. The van der Waals surface area contributed by atoms with E-state index >= 15 is 0 Å². The van der Waals surface area contributed by atoms with Crippen LogP contribution in [-0.2, 0) is 9.59 Å². The van der Waals surface area contributed by atoms with E-state index in [0.29, 0.717) is 0 Å². The summed E-state index contributed by atoms with van der Waals surface area (Å²) >= 11 is 0. The molecular weight excluding hydrogens is 162 g/mol. The number of carbonyl (C=O) groups excluding carboxylic acids is 3. The zero-order valence-electron chi connectivity index (χ0n) is 6.09. The third kappa shape index (κ3) is 0.919. The summed E-state index contributed by atoms with van der Waals surface area (Å²) in [4.78, 5) is 32.6. The number of rotatable bonds is 0. The Bertz CT molecular complexity index is 275. The van der Waals surface area contributed by atoms with Gasteiger partial charge >= 0.3 is 6.03 Å². The summed E-state index contributed by atoms with van der Waals surface area (Å²) in [6.07, 6.45) is -0.365.